The maximum atomic E-state index is 6.06. The van der Waals surface area contributed by atoms with E-state index in [0.717, 1.165) is 29.5 Å². The van der Waals surface area contributed by atoms with Crippen LogP contribution in [0.1, 0.15) is 13.8 Å². The standard InChI is InChI=1S/C14H22N2OS/c1-4-9-18-10-8-16-12-6-5-7-13(14(12)15)17-11(2)3/h4-7,11,16H,1,8-10,15H2,2-3H3. The molecule has 0 saturated carbocycles. The summed E-state index contributed by atoms with van der Waals surface area (Å²) in [6, 6.07) is 5.82. The van der Waals surface area contributed by atoms with E-state index in [2.05, 4.69) is 11.9 Å². The fraction of sp³-hybridized carbons (Fsp3) is 0.429. The van der Waals surface area contributed by atoms with Crippen LogP contribution in [0.4, 0.5) is 11.4 Å². The molecule has 0 bridgehead atoms. The number of nitrogen functional groups attached to an aromatic ring is 1. The van der Waals surface area contributed by atoms with Crippen LogP contribution in [0.15, 0.2) is 30.9 Å². The number of nitrogens with two attached hydrogens (primary N) is 1. The number of rotatable bonds is 8. The Morgan fingerprint density at radius 1 is 1.50 bits per heavy atom. The molecule has 0 radical (unpaired) electrons. The van der Waals surface area contributed by atoms with Gasteiger partial charge in [0.2, 0.25) is 0 Å². The second-order valence-corrected chi connectivity index (χ2v) is 5.32. The Kier molecular flexibility index (Phi) is 6.50. The van der Waals surface area contributed by atoms with Crippen molar-refractivity contribution in [3.8, 4) is 5.75 Å². The molecule has 18 heavy (non-hydrogen) atoms. The topological polar surface area (TPSA) is 47.3 Å². The van der Waals surface area contributed by atoms with Gasteiger partial charge in [-0.25, -0.2) is 0 Å². The van der Waals surface area contributed by atoms with Crippen LogP contribution >= 0.6 is 11.8 Å². The highest BCUT2D eigenvalue weighted by molar-refractivity contribution is 7.99. The second-order valence-electron chi connectivity index (χ2n) is 4.17. The SMILES string of the molecule is C=CCSCCNc1cccc(OC(C)C)c1N. The number of anilines is 2. The molecular weight excluding hydrogens is 244 g/mol. The van der Waals surface area contributed by atoms with Crippen molar-refractivity contribution < 1.29 is 4.74 Å². The van der Waals surface area contributed by atoms with E-state index in [1.165, 1.54) is 0 Å². The van der Waals surface area contributed by atoms with E-state index in [9.17, 15) is 0 Å². The normalized spacial score (nSPS) is 10.4. The van der Waals surface area contributed by atoms with Gasteiger partial charge in [0.25, 0.3) is 0 Å². The molecule has 0 aliphatic rings. The minimum Gasteiger partial charge on any atom is -0.489 e. The van der Waals surface area contributed by atoms with Gasteiger partial charge in [-0.1, -0.05) is 12.1 Å². The van der Waals surface area contributed by atoms with Crippen LogP contribution in [-0.4, -0.2) is 24.2 Å². The van der Waals surface area contributed by atoms with Crippen molar-refractivity contribution in [2.24, 2.45) is 0 Å². The van der Waals surface area contributed by atoms with Gasteiger partial charge in [0.15, 0.2) is 0 Å². The fourth-order valence-electron chi connectivity index (χ4n) is 1.48. The van der Waals surface area contributed by atoms with Crippen LogP contribution in [0.25, 0.3) is 0 Å². The van der Waals surface area contributed by atoms with Gasteiger partial charge >= 0.3 is 0 Å². The van der Waals surface area contributed by atoms with Gasteiger partial charge in [-0.3, -0.25) is 0 Å². The maximum absolute atomic E-state index is 6.06. The number of thioether (sulfide) groups is 1. The molecule has 1 aromatic carbocycles. The maximum Gasteiger partial charge on any atom is 0.144 e. The first kappa shape index (κ1) is 14.8. The van der Waals surface area contributed by atoms with Crippen molar-refractivity contribution in [3.05, 3.63) is 30.9 Å². The minimum absolute atomic E-state index is 0.130. The highest BCUT2D eigenvalue weighted by atomic mass is 32.2. The molecule has 3 nitrogen and oxygen atoms in total. The second kappa shape index (κ2) is 7.93. The highest BCUT2D eigenvalue weighted by Gasteiger charge is 2.06. The molecule has 0 unspecified atom stereocenters. The number of hydrogen-bond donors (Lipinski definition) is 2. The molecule has 3 N–H and O–H groups in total. The Bertz CT molecular complexity index is 380. The molecule has 0 aromatic heterocycles. The molecule has 0 heterocycles. The summed E-state index contributed by atoms with van der Waals surface area (Å²) in [7, 11) is 0. The molecule has 0 spiro atoms. The lowest BCUT2D eigenvalue weighted by atomic mass is 10.2. The molecule has 1 rings (SSSR count). The number of ether oxygens (including phenoxy) is 1. The largest absolute Gasteiger partial charge is 0.489 e. The predicted octanol–water partition coefficient (Wildman–Crippen LogP) is 3.39. The average molecular weight is 266 g/mol. The number of hydrogen-bond acceptors (Lipinski definition) is 4. The Balaban J connectivity index is 2.52. The Morgan fingerprint density at radius 3 is 2.94 bits per heavy atom. The molecule has 4 heteroatoms. The zero-order chi connectivity index (χ0) is 13.4. The molecule has 0 aliphatic carbocycles. The summed E-state index contributed by atoms with van der Waals surface area (Å²) in [6.45, 7) is 8.56. The smallest absolute Gasteiger partial charge is 0.144 e. The van der Waals surface area contributed by atoms with E-state index in [-0.39, 0.29) is 6.10 Å². The Hall–Kier alpha value is -1.29. The van der Waals surface area contributed by atoms with Crippen molar-refractivity contribution >= 4 is 23.1 Å². The van der Waals surface area contributed by atoms with E-state index in [1.807, 2.05) is 49.9 Å². The summed E-state index contributed by atoms with van der Waals surface area (Å²) in [5.74, 6) is 2.75. The highest BCUT2D eigenvalue weighted by Crippen LogP contribution is 2.29. The lowest BCUT2D eigenvalue weighted by Crippen LogP contribution is -2.10. The summed E-state index contributed by atoms with van der Waals surface area (Å²) >= 11 is 1.84. The molecule has 0 aliphatic heterocycles. The van der Waals surface area contributed by atoms with Crippen molar-refractivity contribution in [1.82, 2.24) is 0 Å². The van der Waals surface area contributed by atoms with Crippen LogP contribution in [0, 0.1) is 0 Å². The number of para-hydroxylation sites is 1. The molecule has 0 atom stereocenters. The summed E-state index contributed by atoms with van der Waals surface area (Å²) in [4.78, 5) is 0. The molecule has 1 aromatic rings. The minimum atomic E-state index is 0.130. The van der Waals surface area contributed by atoms with E-state index in [4.69, 9.17) is 10.5 Å². The lowest BCUT2D eigenvalue weighted by Gasteiger charge is -2.15. The summed E-state index contributed by atoms with van der Waals surface area (Å²) in [5.41, 5.74) is 7.68. The van der Waals surface area contributed by atoms with E-state index >= 15 is 0 Å². The van der Waals surface area contributed by atoms with Gasteiger partial charge in [0.05, 0.1) is 17.5 Å². The van der Waals surface area contributed by atoms with E-state index in [1.54, 1.807) is 0 Å². The molecular formula is C14H22N2OS. The molecule has 0 fully saturated rings. The van der Waals surface area contributed by atoms with E-state index < -0.39 is 0 Å². The lowest BCUT2D eigenvalue weighted by molar-refractivity contribution is 0.244. The number of benzene rings is 1. The third-order valence-corrected chi connectivity index (χ3v) is 3.19. The van der Waals surface area contributed by atoms with Gasteiger partial charge in [-0.05, 0) is 26.0 Å². The van der Waals surface area contributed by atoms with Gasteiger partial charge in [-0.15, -0.1) is 6.58 Å². The van der Waals surface area contributed by atoms with Gasteiger partial charge < -0.3 is 15.8 Å². The zero-order valence-electron chi connectivity index (χ0n) is 11.1. The first-order chi connectivity index (χ1) is 8.65. The quantitative estimate of drug-likeness (QED) is 0.430. The third-order valence-electron chi connectivity index (χ3n) is 2.23. The monoisotopic (exact) mass is 266 g/mol. The number of nitrogens with one attached hydrogen (secondary N) is 1. The van der Waals surface area contributed by atoms with Crippen molar-refractivity contribution in [2.45, 2.75) is 20.0 Å². The third kappa shape index (κ3) is 4.92. The van der Waals surface area contributed by atoms with Gasteiger partial charge in [0.1, 0.15) is 5.75 Å². The fourth-order valence-corrected chi connectivity index (χ4v) is 2.06. The van der Waals surface area contributed by atoms with E-state index in [0.29, 0.717) is 5.69 Å². The van der Waals surface area contributed by atoms with Crippen LogP contribution < -0.4 is 15.8 Å². The molecule has 0 saturated heterocycles. The van der Waals surface area contributed by atoms with Gasteiger partial charge in [-0.2, -0.15) is 11.8 Å². The first-order valence-corrected chi connectivity index (χ1v) is 7.28. The Morgan fingerprint density at radius 2 is 2.28 bits per heavy atom. The van der Waals surface area contributed by atoms with Crippen molar-refractivity contribution in [3.63, 3.8) is 0 Å². The zero-order valence-corrected chi connectivity index (χ0v) is 11.9. The van der Waals surface area contributed by atoms with Crippen LogP contribution in [0.2, 0.25) is 0 Å². The predicted molar refractivity (Wildman–Crippen MR) is 82.6 cm³/mol. The Labute approximate surface area is 114 Å². The molecule has 100 valence electrons. The summed E-state index contributed by atoms with van der Waals surface area (Å²) < 4.78 is 5.65. The first-order valence-electron chi connectivity index (χ1n) is 6.12. The molecule has 0 amide bonds. The summed E-state index contributed by atoms with van der Waals surface area (Å²) in [6.07, 6.45) is 2.04. The van der Waals surface area contributed by atoms with Crippen LogP contribution in [-0.2, 0) is 0 Å². The average Bonchev–Trinajstić information content (AvgIpc) is 2.33. The summed E-state index contributed by atoms with van der Waals surface area (Å²) in [5, 5.41) is 3.33. The van der Waals surface area contributed by atoms with Crippen molar-refractivity contribution in [1.29, 1.82) is 0 Å². The van der Waals surface area contributed by atoms with Crippen molar-refractivity contribution in [2.75, 3.05) is 29.1 Å². The van der Waals surface area contributed by atoms with Crippen LogP contribution in [0.5, 0.6) is 5.75 Å². The van der Waals surface area contributed by atoms with Crippen LogP contribution in [0.3, 0.4) is 0 Å². The van der Waals surface area contributed by atoms with Gasteiger partial charge in [0, 0.05) is 18.1 Å².